The van der Waals surface area contributed by atoms with Crippen LogP contribution in [0.4, 0.5) is 0 Å². The maximum absolute atomic E-state index is 12.6. The third kappa shape index (κ3) is 3.66. The van der Waals surface area contributed by atoms with Crippen molar-refractivity contribution in [2.75, 3.05) is 27.3 Å². The molecule has 7 nitrogen and oxygen atoms in total. The molecule has 0 aliphatic carbocycles. The lowest BCUT2D eigenvalue weighted by Crippen LogP contribution is -2.39. The van der Waals surface area contributed by atoms with Crippen molar-refractivity contribution in [1.29, 1.82) is 0 Å². The smallest absolute Gasteiger partial charge is 0.287 e. The lowest BCUT2D eigenvalue weighted by molar-refractivity contribution is -0.131. The molecule has 1 N–H and O–H groups in total. The zero-order valence-corrected chi connectivity index (χ0v) is 14.9. The van der Waals surface area contributed by atoms with Crippen molar-refractivity contribution in [1.82, 2.24) is 10.2 Å². The summed E-state index contributed by atoms with van der Waals surface area (Å²) in [6.07, 6.45) is 3.20. The molecule has 1 aliphatic rings. The Kier molecular flexibility index (Phi) is 5.46. The highest BCUT2D eigenvalue weighted by Crippen LogP contribution is 2.36. The van der Waals surface area contributed by atoms with Crippen molar-refractivity contribution in [3.63, 3.8) is 0 Å². The Balaban J connectivity index is 1.67. The maximum Gasteiger partial charge on any atom is 0.287 e. The molecule has 0 saturated carbocycles. The average molecular weight is 358 g/mol. The number of benzene rings is 1. The van der Waals surface area contributed by atoms with Crippen LogP contribution in [0.5, 0.6) is 11.5 Å². The fourth-order valence-corrected chi connectivity index (χ4v) is 3.22. The molecule has 3 rings (SSSR count). The number of carbonyl (C=O) groups is 2. The Morgan fingerprint density at radius 2 is 2.04 bits per heavy atom. The molecule has 0 spiro atoms. The zero-order valence-electron chi connectivity index (χ0n) is 14.9. The van der Waals surface area contributed by atoms with Gasteiger partial charge in [-0.05, 0) is 42.7 Å². The Labute approximate surface area is 151 Å². The van der Waals surface area contributed by atoms with Crippen molar-refractivity contribution in [2.24, 2.45) is 0 Å². The molecule has 2 amide bonds. The molecular formula is C19H22N2O5. The minimum atomic E-state index is -0.398. The predicted molar refractivity (Wildman–Crippen MR) is 94.3 cm³/mol. The molecule has 0 bridgehead atoms. The average Bonchev–Trinajstić information content (AvgIpc) is 3.37. The summed E-state index contributed by atoms with van der Waals surface area (Å²) in [5.41, 5.74) is 0.992. The standard InChI is InChI=1S/C19H22N2O5/c1-24-15-8-7-13(11-17(15)25-2)14-5-3-9-21(14)18(22)12-20-19(23)16-6-4-10-26-16/h4,6-8,10-11,14H,3,5,9,12H2,1-2H3,(H,20,23). The topological polar surface area (TPSA) is 81.0 Å². The van der Waals surface area contributed by atoms with Gasteiger partial charge in [-0.15, -0.1) is 0 Å². The molecule has 1 aromatic carbocycles. The van der Waals surface area contributed by atoms with Crippen molar-refractivity contribution in [3.05, 3.63) is 47.9 Å². The van der Waals surface area contributed by atoms with Crippen molar-refractivity contribution in [3.8, 4) is 11.5 Å². The largest absolute Gasteiger partial charge is 0.493 e. The number of carbonyl (C=O) groups excluding carboxylic acids is 2. The normalized spacial score (nSPS) is 16.4. The van der Waals surface area contributed by atoms with Gasteiger partial charge in [-0.1, -0.05) is 6.07 Å². The number of hydrogen-bond donors (Lipinski definition) is 1. The second-order valence-corrected chi connectivity index (χ2v) is 6.02. The first kappa shape index (κ1) is 17.8. The van der Waals surface area contributed by atoms with E-state index < -0.39 is 5.91 Å². The molecule has 26 heavy (non-hydrogen) atoms. The van der Waals surface area contributed by atoms with Crippen LogP contribution in [0, 0.1) is 0 Å². The quantitative estimate of drug-likeness (QED) is 0.857. The molecule has 2 heterocycles. The van der Waals surface area contributed by atoms with Gasteiger partial charge in [0.25, 0.3) is 5.91 Å². The summed E-state index contributed by atoms with van der Waals surface area (Å²) in [7, 11) is 3.17. The number of likely N-dealkylation sites (tertiary alicyclic amines) is 1. The van der Waals surface area contributed by atoms with Gasteiger partial charge in [0.05, 0.1) is 33.1 Å². The summed E-state index contributed by atoms with van der Waals surface area (Å²) < 4.78 is 15.7. The van der Waals surface area contributed by atoms with E-state index in [0.29, 0.717) is 18.0 Å². The highest BCUT2D eigenvalue weighted by molar-refractivity contribution is 5.94. The van der Waals surface area contributed by atoms with E-state index in [1.165, 1.54) is 6.26 Å². The van der Waals surface area contributed by atoms with Crippen LogP contribution in [0.2, 0.25) is 0 Å². The molecule has 1 saturated heterocycles. The van der Waals surface area contributed by atoms with Gasteiger partial charge in [0, 0.05) is 6.54 Å². The molecule has 7 heteroatoms. The van der Waals surface area contributed by atoms with Crippen LogP contribution in [0.25, 0.3) is 0 Å². The number of amides is 2. The number of rotatable bonds is 6. The Hall–Kier alpha value is -2.96. The van der Waals surface area contributed by atoms with Crippen molar-refractivity contribution >= 4 is 11.8 Å². The van der Waals surface area contributed by atoms with Crippen LogP contribution >= 0.6 is 0 Å². The molecular weight excluding hydrogens is 336 g/mol. The minimum absolute atomic E-state index is 0.0391. The predicted octanol–water partition coefficient (Wildman–Crippen LogP) is 2.39. The van der Waals surface area contributed by atoms with E-state index in [4.69, 9.17) is 13.9 Å². The first-order valence-corrected chi connectivity index (χ1v) is 8.47. The minimum Gasteiger partial charge on any atom is -0.493 e. The van der Waals surface area contributed by atoms with Crippen LogP contribution in [-0.4, -0.2) is 44.0 Å². The molecule has 2 aromatic rings. The lowest BCUT2D eigenvalue weighted by Gasteiger charge is -2.25. The number of nitrogens with zero attached hydrogens (tertiary/aromatic N) is 1. The third-order valence-electron chi connectivity index (χ3n) is 4.51. The fourth-order valence-electron chi connectivity index (χ4n) is 3.22. The lowest BCUT2D eigenvalue weighted by atomic mass is 10.0. The Morgan fingerprint density at radius 1 is 1.23 bits per heavy atom. The summed E-state index contributed by atoms with van der Waals surface area (Å²) in [4.78, 5) is 26.3. The number of ether oxygens (including phenoxy) is 2. The van der Waals surface area contributed by atoms with Crippen LogP contribution in [0.15, 0.2) is 41.0 Å². The van der Waals surface area contributed by atoms with E-state index in [0.717, 1.165) is 18.4 Å². The van der Waals surface area contributed by atoms with Gasteiger partial charge in [0.15, 0.2) is 17.3 Å². The Bertz CT molecular complexity index is 772. The first-order chi connectivity index (χ1) is 12.6. The fraction of sp³-hybridized carbons (Fsp3) is 0.368. The third-order valence-corrected chi connectivity index (χ3v) is 4.51. The first-order valence-electron chi connectivity index (χ1n) is 8.47. The summed E-state index contributed by atoms with van der Waals surface area (Å²) in [6, 6.07) is 8.83. The highest BCUT2D eigenvalue weighted by Gasteiger charge is 2.30. The second-order valence-electron chi connectivity index (χ2n) is 6.02. The van der Waals surface area contributed by atoms with Gasteiger partial charge in [-0.3, -0.25) is 9.59 Å². The summed E-state index contributed by atoms with van der Waals surface area (Å²) in [5, 5.41) is 2.61. The van der Waals surface area contributed by atoms with Crippen LogP contribution < -0.4 is 14.8 Å². The van der Waals surface area contributed by atoms with Gasteiger partial charge < -0.3 is 24.1 Å². The van der Waals surface area contributed by atoms with E-state index in [1.54, 1.807) is 31.3 Å². The van der Waals surface area contributed by atoms with Gasteiger partial charge in [-0.2, -0.15) is 0 Å². The van der Waals surface area contributed by atoms with E-state index in [-0.39, 0.29) is 24.3 Å². The van der Waals surface area contributed by atoms with E-state index in [9.17, 15) is 9.59 Å². The van der Waals surface area contributed by atoms with E-state index in [2.05, 4.69) is 5.32 Å². The molecule has 1 atom stereocenters. The maximum atomic E-state index is 12.6. The van der Waals surface area contributed by atoms with E-state index in [1.807, 2.05) is 18.2 Å². The number of hydrogen-bond acceptors (Lipinski definition) is 5. The summed E-state index contributed by atoms with van der Waals surface area (Å²) in [6.45, 7) is 0.595. The summed E-state index contributed by atoms with van der Waals surface area (Å²) in [5.74, 6) is 0.955. The van der Waals surface area contributed by atoms with Crippen LogP contribution in [-0.2, 0) is 4.79 Å². The second kappa shape index (κ2) is 7.95. The number of methoxy groups -OCH3 is 2. The SMILES string of the molecule is COc1ccc(C2CCCN2C(=O)CNC(=O)c2ccco2)cc1OC. The molecule has 1 unspecified atom stereocenters. The monoisotopic (exact) mass is 358 g/mol. The van der Waals surface area contributed by atoms with Gasteiger partial charge in [0.2, 0.25) is 5.91 Å². The van der Waals surface area contributed by atoms with E-state index >= 15 is 0 Å². The van der Waals surface area contributed by atoms with Gasteiger partial charge in [0.1, 0.15) is 0 Å². The number of furan rings is 1. The Morgan fingerprint density at radius 3 is 2.73 bits per heavy atom. The molecule has 1 aromatic heterocycles. The van der Waals surface area contributed by atoms with Crippen molar-refractivity contribution in [2.45, 2.75) is 18.9 Å². The zero-order chi connectivity index (χ0) is 18.5. The molecule has 1 fully saturated rings. The summed E-state index contributed by atoms with van der Waals surface area (Å²) >= 11 is 0. The molecule has 1 aliphatic heterocycles. The molecule has 138 valence electrons. The van der Waals surface area contributed by atoms with Crippen molar-refractivity contribution < 1.29 is 23.5 Å². The number of nitrogens with one attached hydrogen (secondary N) is 1. The van der Waals surface area contributed by atoms with Gasteiger partial charge in [-0.25, -0.2) is 0 Å². The van der Waals surface area contributed by atoms with Crippen LogP contribution in [0.3, 0.4) is 0 Å². The van der Waals surface area contributed by atoms with Crippen LogP contribution in [0.1, 0.15) is 35.0 Å². The van der Waals surface area contributed by atoms with Gasteiger partial charge >= 0.3 is 0 Å². The highest BCUT2D eigenvalue weighted by atomic mass is 16.5. The molecule has 0 radical (unpaired) electrons.